The van der Waals surface area contributed by atoms with Crippen molar-refractivity contribution in [3.05, 3.63) is 65.2 Å². The van der Waals surface area contributed by atoms with E-state index in [2.05, 4.69) is 72.3 Å². The van der Waals surface area contributed by atoms with Crippen LogP contribution >= 0.6 is 0 Å². The van der Waals surface area contributed by atoms with Crippen molar-refractivity contribution in [2.45, 2.75) is 53.0 Å². The Bertz CT molecular complexity index is 891. The number of ether oxygens (including phenoxy) is 1. The van der Waals surface area contributed by atoms with Crippen molar-refractivity contribution in [3.8, 4) is 17.6 Å². The summed E-state index contributed by atoms with van der Waals surface area (Å²) in [5.41, 5.74) is 3.56. The van der Waals surface area contributed by atoms with E-state index in [4.69, 9.17) is 4.74 Å². The van der Waals surface area contributed by atoms with Crippen molar-refractivity contribution in [1.82, 2.24) is 10.2 Å². The van der Waals surface area contributed by atoms with Gasteiger partial charge in [-0.2, -0.15) is 0 Å². The summed E-state index contributed by atoms with van der Waals surface area (Å²) in [6.45, 7) is 12.9. The SMILES string of the molecule is CC#CCN(CC)CC(C)(C)NC(=O)CCOc1ccc(Cc2ccccc2C)cc1. The van der Waals surface area contributed by atoms with Crippen molar-refractivity contribution < 1.29 is 9.53 Å². The molecule has 31 heavy (non-hydrogen) atoms. The second-order valence-electron chi connectivity index (χ2n) is 8.51. The number of amides is 1. The van der Waals surface area contributed by atoms with Crippen LogP contribution in [0.15, 0.2) is 48.5 Å². The second kappa shape index (κ2) is 12.2. The van der Waals surface area contributed by atoms with Gasteiger partial charge in [0.05, 0.1) is 19.6 Å². The average Bonchev–Trinajstić information content (AvgIpc) is 2.73. The fraction of sp³-hybridized carbons (Fsp3) is 0.444. The highest BCUT2D eigenvalue weighted by Crippen LogP contribution is 2.17. The molecular formula is C27H36N2O2. The Morgan fingerprint density at radius 1 is 1.13 bits per heavy atom. The quantitative estimate of drug-likeness (QED) is 0.541. The first kappa shape index (κ1) is 24.5. The molecule has 0 fully saturated rings. The van der Waals surface area contributed by atoms with Crippen LogP contribution in [0.2, 0.25) is 0 Å². The molecule has 2 aromatic rings. The Balaban J connectivity index is 1.77. The number of carbonyl (C=O) groups excluding carboxylic acids is 1. The molecule has 0 aromatic heterocycles. The van der Waals surface area contributed by atoms with Gasteiger partial charge < -0.3 is 10.1 Å². The summed E-state index contributed by atoms with van der Waals surface area (Å²) in [6, 6.07) is 16.6. The zero-order valence-electron chi connectivity index (χ0n) is 19.6. The fourth-order valence-electron chi connectivity index (χ4n) is 3.50. The highest BCUT2D eigenvalue weighted by molar-refractivity contribution is 5.76. The fourth-order valence-corrected chi connectivity index (χ4v) is 3.50. The van der Waals surface area contributed by atoms with E-state index >= 15 is 0 Å². The van der Waals surface area contributed by atoms with Crippen molar-refractivity contribution in [2.24, 2.45) is 0 Å². The number of rotatable bonds is 11. The van der Waals surface area contributed by atoms with E-state index < -0.39 is 0 Å². The van der Waals surface area contributed by atoms with Gasteiger partial charge in [-0.25, -0.2) is 0 Å². The van der Waals surface area contributed by atoms with Gasteiger partial charge in [-0.3, -0.25) is 9.69 Å². The molecule has 0 saturated carbocycles. The molecular weight excluding hydrogens is 384 g/mol. The number of nitrogens with one attached hydrogen (secondary N) is 1. The number of hydrogen-bond donors (Lipinski definition) is 1. The molecule has 2 rings (SSSR count). The van der Waals surface area contributed by atoms with Gasteiger partial charge in [-0.15, -0.1) is 5.92 Å². The topological polar surface area (TPSA) is 41.6 Å². The van der Waals surface area contributed by atoms with Crippen molar-refractivity contribution >= 4 is 5.91 Å². The number of likely N-dealkylation sites (N-methyl/N-ethyl adjacent to an activating group) is 1. The Morgan fingerprint density at radius 3 is 2.48 bits per heavy atom. The van der Waals surface area contributed by atoms with Gasteiger partial charge in [-0.1, -0.05) is 49.2 Å². The van der Waals surface area contributed by atoms with Crippen molar-refractivity contribution in [3.63, 3.8) is 0 Å². The van der Waals surface area contributed by atoms with Crippen LogP contribution in [0, 0.1) is 18.8 Å². The average molecular weight is 421 g/mol. The number of nitrogens with zero attached hydrogens (tertiary/aromatic N) is 1. The molecule has 4 nitrogen and oxygen atoms in total. The van der Waals surface area contributed by atoms with Gasteiger partial charge in [-0.05, 0) is 69.5 Å². The van der Waals surface area contributed by atoms with Gasteiger partial charge in [0.2, 0.25) is 5.91 Å². The van der Waals surface area contributed by atoms with E-state index in [0.29, 0.717) is 13.0 Å². The second-order valence-corrected chi connectivity index (χ2v) is 8.51. The molecule has 0 aliphatic rings. The molecule has 0 saturated heterocycles. The summed E-state index contributed by atoms with van der Waals surface area (Å²) in [7, 11) is 0. The lowest BCUT2D eigenvalue weighted by atomic mass is 10.0. The van der Waals surface area contributed by atoms with Gasteiger partial charge >= 0.3 is 0 Å². The van der Waals surface area contributed by atoms with Gasteiger partial charge in [0.1, 0.15) is 5.75 Å². The number of hydrogen-bond acceptors (Lipinski definition) is 3. The van der Waals surface area contributed by atoms with Crippen LogP contribution in [0.1, 0.15) is 50.8 Å². The van der Waals surface area contributed by atoms with Crippen molar-refractivity contribution in [1.29, 1.82) is 0 Å². The predicted molar refractivity (Wildman–Crippen MR) is 128 cm³/mol. The molecule has 0 bridgehead atoms. The highest BCUT2D eigenvalue weighted by atomic mass is 16.5. The van der Waals surface area contributed by atoms with E-state index in [1.807, 2.05) is 32.9 Å². The Morgan fingerprint density at radius 2 is 1.84 bits per heavy atom. The van der Waals surface area contributed by atoms with Crippen LogP contribution in [0.4, 0.5) is 0 Å². The molecule has 1 amide bonds. The summed E-state index contributed by atoms with van der Waals surface area (Å²) in [4.78, 5) is 14.6. The predicted octanol–water partition coefficient (Wildman–Crippen LogP) is 4.59. The smallest absolute Gasteiger partial charge is 0.223 e. The molecule has 0 aliphatic heterocycles. The van der Waals surface area contributed by atoms with E-state index in [1.54, 1.807) is 0 Å². The Kier molecular flexibility index (Phi) is 9.62. The van der Waals surface area contributed by atoms with Crippen LogP contribution in [0.25, 0.3) is 0 Å². The lowest BCUT2D eigenvalue weighted by Crippen LogP contribution is -2.51. The minimum atomic E-state index is -0.320. The molecule has 1 N–H and O–H groups in total. The lowest BCUT2D eigenvalue weighted by molar-refractivity contribution is -0.123. The Hall–Kier alpha value is -2.77. The summed E-state index contributed by atoms with van der Waals surface area (Å²) < 4.78 is 5.79. The maximum absolute atomic E-state index is 12.4. The Labute approximate surface area is 188 Å². The normalized spacial score (nSPS) is 11.0. The minimum Gasteiger partial charge on any atom is -0.493 e. The van der Waals surface area contributed by atoms with Gasteiger partial charge in [0.25, 0.3) is 0 Å². The molecule has 2 aromatic carbocycles. The summed E-state index contributed by atoms with van der Waals surface area (Å²) in [5, 5.41) is 3.12. The van der Waals surface area contributed by atoms with Crippen molar-refractivity contribution in [2.75, 3.05) is 26.2 Å². The summed E-state index contributed by atoms with van der Waals surface area (Å²) in [5.74, 6) is 6.80. The maximum Gasteiger partial charge on any atom is 0.223 e. The lowest BCUT2D eigenvalue weighted by Gasteiger charge is -2.32. The first-order valence-electron chi connectivity index (χ1n) is 11.0. The zero-order chi connectivity index (χ0) is 22.7. The third-order valence-corrected chi connectivity index (χ3v) is 5.20. The number of carbonyl (C=O) groups is 1. The summed E-state index contributed by atoms with van der Waals surface area (Å²) in [6.07, 6.45) is 1.23. The van der Waals surface area contributed by atoms with Gasteiger partial charge in [0, 0.05) is 12.1 Å². The monoisotopic (exact) mass is 420 g/mol. The first-order valence-corrected chi connectivity index (χ1v) is 11.0. The zero-order valence-corrected chi connectivity index (χ0v) is 19.6. The largest absolute Gasteiger partial charge is 0.493 e. The van der Waals surface area contributed by atoms with E-state index in [0.717, 1.165) is 31.8 Å². The molecule has 0 radical (unpaired) electrons. The molecule has 0 unspecified atom stereocenters. The molecule has 0 spiro atoms. The van der Waals surface area contributed by atoms with Gasteiger partial charge in [0.15, 0.2) is 0 Å². The minimum absolute atomic E-state index is 0.00111. The van der Waals surface area contributed by atoms with Crippen LogP contribution in [0.3, 0.4) is 0 Å². The summed E-state index contributed by atoms with van der Waals surface area (Å²) >= 11 is 0. The van der Waals surface area contributed by atoms with Crippen LogP contribution in [-0.4, -0.2) is 42.6 Å². The van der Waals surface area contributed by atoms with E-state index in [-0.39, 0.29) is 11.4 Å². The maximum atomic E-state index is 12.4. The highest BCUT2D eigenvalue weighted by Gasteiger charge is 2.22. The first-order chi connectivity index (χ1) is 14.8. The molecule has 0 atom stereocenters. The third-order valence-electron chi connectivity index (χ3n) is 5.20. The molecule has 166 valence electrons. The molecule has 0 aliphatic carbocycles. The molecule has 4 heteroatoms. The number of benzene rings is 2. The van der Waals surface area contributed by atoms with Crippen LogP contribution < -0.4 is 10.1 Å². The standard InChI is InChI=1S/C27H36N2O2/c1-6-8-18-29(7-2)21-27(4,5)28-26(30)17-19-31-25-15-13-23(14-16-25)20-24-12-10-9-11-22(24)3/h9-16H,7,17-21H2,1-5H3,(H,28,30). The van der Waals surface area contributed by atoms with Crippen LogP contribution in [-0.2, 0) is 11.2 Å². The number of aryl methyl sites for hydroxylation is 1. The van der Waals surface area contributed by atoms with Crippen LogP contribution in [0.5, 0.6) is 5.75 Å². The van der Waals surface area contributed by atoms with E-state index in [1.165, 1.54) is 16.7 Å². The van der Waals surface area contributed by atoms with E-state index in [9.17, 15) is 4.79 Å². The third kappa shape index (κ3) is 8.86. The molecule has 0 heterocycles.